The summed E-state index contributed by atoms with van der Waals surface area (Å²) in [6.07, 6.45) is 1.62. The molecular weight excluding hydrogens is 182 g/mol. The fraction of sp³-hybridized carbons (Fsp3) is 0.111. The summed E-state index contributed by atoms with van der Waals surface area (Å²) < 4.78 is 0. The molecule has 0 aromatic carbocycles. The van der Waals surface area contributed by atoms with Gasteiger partial charge in [-0.1, -0.05) is 0 Å². The predicted molar refractivity (Wildman–Crippen MR) is 49.0 cm³/mol. The molecule has 14 heavy (non-hydrogen) atoms. The van der Waals surface area contributed by atoms with Gasteiger partial charge in [-0.05, 0) is 19.1 Å². The van der Waals surface area contributed by atoms with Crippen molar-refractivity contribution in [2.75, 3.05) is 0 Å². The summed E-state index contributed by atoms with van der Waals surface area (Å²) in [6, 6.07) is 3.08. The predicted octanol–water partition coefficient (Wildman–Crippen LogP) is 1.03. The molecule has 0 fully saturated rings. The Bertz CT molecular complexity index is 510. The van der Waals surface area contributed by atoms with Crippen molar-refractivity contribution in [1.29, 1.82) is 0 Å². The van der Waals surface area contributed by atoms with Crippen molar-refractivity contribution in [2.24, 2.45) is 0 Å². The number of aromatic carboxylic acids is 1. The van der Waals surface area contributed by atoms with Gasteiger partial charge < -0.3 is 5.11 Å². The van der Waals surface area contributed by atoms with E-state index >= 15 is 0 Å². The van der Waals surface area contributed by atoms with E-state index in [2.05, 4.69) is 15.0 Å². The summed E-state index contributed by atoms with van der Waals surface area (Å²) in [7, 11) is 0. The summed E-state index contributed by atoms with van der Waals surface area (Å²) >= 11 is 0. The van der Waals surface area contributed by atoms with Gasteiger partial charge in [0.05, 0.1) is 0 Å². The lowest BCUT2D eigenvalue weighted by Crippen LogP contribution is -2.01. The van der Waals surface area contributed by atoms with Crippen LogP contribution in [0.3, 0.4) is 0 Å². The third-order valence-corrected chi connectivity index (χ3v) is 1.78. The third kappa shape index (κ3) is 1.39. The zero-order valence-electron chi connectivity index (χ0n) is 7.43. The first-order valence-electron chi connectivity index (χ1n) is 4.00. The van der Waals surface area contributed by atoms with Crippen LogP contribution in [0.25, 0.3) is 11.0 Å². The molecule has 0 saturated heterocycles. The second-order valence-corrected chi connectivity index (χ2v) is 2.83. The summed E-state index contributed by atoms with van der Waals surface area (Å²) in [6.45, 7) is 1.73. The first kappa shape index (κ1) is 8.55. The van der Waals surface area contributed by atoms with E-state index in [0.717, 1.165) is 5.39 Å². The molecule has 70 valence electrons. The van der Waals surface area contributed by atoms with Crippen LogP contribution in [0.4, 0.5) is 0 Å². The first-order chi connectivity index (χ1) is 6.66. The second kappa shape index (κ2) is 3.02. The van der Waals surface area contributed by atoms with E-state index in [4.69, 9.17) is 5.11 Å². The fourth-order valence-corrected chi connectivity index (χ4v) is 1.11. The van der Waals surface area contributed by atoms with E-state index in [-0.39, 0.29) is 5.69 Å². The lowest BCUT2D eigenvalue weighted by Gasteiger charge is -1.98. The van der Waals surface area contributed by atoms with Crippen molar-refractivity contribution < 1.29 is 9.90 Å². The van der Waals surface area contributed by atoms with Gasteiger partial charge in [0, 0.05) is 11.6 Å². The lowest BCUT2D eigenvalue weighted by molar-refractivity contribution is 0.0691. The normalized spacial score (nSPS) is 10.4. The van der Waals surface area contributed by atoms with Crippen molar-refractivity contribution in [2.45, 2.75) is 6.92 Å². The number of aryl methyl sites for hydroxylation is 1. The third-order valence-electron chi connectivity index (χ3n) is 1.78. The molecule has 0 aliphatic heterocycles. The van der Waals surface area contributed by atoms with Crippen molar-refractivity contribution in [3.05, 3.63) is 29.8 Å². The molecule has 0 amide bonds. The highest BCUT2D eigenvalue weighted by molar-refractivity contribution is 5.88. The highest BCUT2D eigenvalue weighted by atomic mass is 16.4. The summed E-state index contributed by atoms with van der Waals surface area (Å²) in [4.78, 5) is 22.5. The van der Waals surface area contributed by atoms with Crippen LogP contribution in [0, 0.1) is 6.92 Å². The van der Waals surface area contributed by atoms with Crippen LogP contribution >= 0.6 is 0 Å². The van der Waals surface area contributed by atoms with Gasteiger partial charge >= 0.3 is 5.97 Å². The maximum Gasteiger partial charge on any atom is 0.354 e. The van der Waals surface area contributed by atoms with Crippen molar-refractivity contribution in [3.63, 3.8) is 0 Å². The molecule has 0 aliphatic carbocycles. The number of hydrogen-bond acceptors (Lipinski definition) is 4. The average molecular weight is 189 g/mol. The Balaban J connectivity index is 2.69. The van der Waals surface area contributed by atoms with Crippen LogP contribution in [0.2, 0.25) is 0 Å². The summed E-state index contributed by atoms with van der Waals surface area (Å²) in [5.41, 5.74) is 0.410. The second-order valence-electron chi connectivity index (χ2n) is 2.83. The molecule has 5 heteroatoms. The van der Waals surface area contributed by atoms with Crippen molar-refractivity contribution in [1.82, 2.24) is 15.0 Å². The number of carboxylic acid groups (broad SMARTS) is 1. The molecule has 0 aliphatic rings. The largest absolute Gasteiger partial charge is 0.477 e. The quantitative estimate of drug-likeness (QED) is 0.725. The SMILES string of the molecule is Cc1ncc2ccc(C(=O)O)nc2n1. The molecule has 2 heterocycles. The molecule has 0 unspecified atom stereocenters. The van der Waals surface area contributed by atoms with E-state index in [1.165, 1.54) is 6.07 Å². The highest BCUT2D eigenvalue weighted by Crippen LogP contribution is 2.08. The van der Waals surface area contributed by atoms with E-state index in [1.54, 1.807) is 19.2 Å². The van der Waals surface area contributed by atoms with Gasteiger partial charge in [0.25, 0.3) is 0 Å². The lowest BCUT2D eigenvalue weighted by atomic mass is 10.3. The van der Waals surface area contributed by atoms with Crippen LogP contribution in [0.1, 0.15) is 16.3 Å². The Labute approximate surface area is 79.5 Å². The minimum absolute atomic E-state index is 0.00407. The number of aromatic nitrogens is 3. The number of hydrogen-bond donors (Lipinski definition) is 1. The van der Waals surface area contributed by atoms with E-state index in [9.17, 15) is 4.79 Å². The molecular formula is C9H7N3O2. The zero-order valence-corrected chi connectivity index (χ0v) is 7.43. The van der Waals surface area contributed by atoms with E-state index < -0.39 is 5.97 Å². The highest BCUT2D eigenvalue weighted by Gasteiger charge is 2.06. The smallest absolute Gasteiger partial charge is 0.354 e. The minimum atomic E-state index is -1.05. The van der Waals surface area contributed by atoms with E-state index in [1.807, 2.05) is 0 Å². The fourth-order valence-electron chi connectivity index (χ4n) is 1.11. The molecule has 0 atom stereocenters. The first-order valence-corrected chi connectivity index (χ1v) is 4.00. The van der Waals surface area contributed by atoms with Gasteiger partial charge in [0.15, 0.2) is 11.3 Å². The molecule has 2 aromatic rings. The molecule has 0 bridgehead atoms. The Morgan fingerprint density at radius 1 is 1.36 bits per heavy atom. The topological polar surface area (TPSA) is 76.0 Å². The average Bonchev–Trinajstić information content (AvgIpc) is 2.16. The Kier molecular flexibility index (Phi) is 1.85. The number of rotatable bonds is 1. The van der Waals surface area contributed by atoms with Crippen LogP contribution in [0.15, 0.2) is 18.3 Å². The van der Waals surface area contributed by atoms with Crippen molar-refractivity contribution in [3.8, 4) is 0 Å². The minimum Gasteiger partial charge on any atom is -0.477 e. The molecule has 2 rings (SSSR count). The molecule has 5 nitrogen and oxygen atoms in total. The van der Waals surface area contributed by atoms with Crippen LogP contribution in [0.5, 0.6) is 0 Å². The number of pyridine rings is 1. The van der Waals surface area contributed by atoms with Gasteiger partial charge in [-0.15, -0.1) is 0 Å². The zero-order chi connectivity index (χ0) is 10.1. The molecule has 2 aromatic heterocycles. The Morgan fingerprint density at radius 2 is 2.14 bits per heavy atom. The maximum atomic E-state index is 10.6. The molecule has 0 radical (unpaired) electrons. The van der Waals surface area contributed by atoms with Gasteiger partial charge in [-0.25, -0.2) is 19.7 Å². The number of nitrogens with zero attached hydrogens (tertiary/aromatic N) is 3. The molecule has 0 saturated carbocycles. The summed E-state index contributed by atoms with van der Waals surface area (Å²) in [5, 5.41) is 9.44. The Morgan fingerprint density at radius 3 is 2.86 bits per heavy atom. The van der Waals surface area contributed by atoms with Gasteiger partial charge in [-0.3, -0.25) is 0 Å². The monoisotopic (exact) mass is 189 g/mol. The van der Waals surface area contributed by atoms with Crippen molar-refractivity contribution >= 4 is 17.0 Å². The van der Waals surface area contributed by atoms with Crippen LogP contribution in [-0.4, -0.2) is 26.0 Å². The Hall–Kier alpha value is -2.04. The summed E-state index contributed by atoms with van der Waals surface area (Å²) in [5.74, 6) is -0.476. The van der Waals surface area contributed by atoms with Gasteiger partial charge in [-0.2, -0.15) is 0 Å². The number of fused-ring (bicyclic) bond motifs is 1. The van der Waals surface area contributed by atoms with E-state index in [0.29, 0.717) is 11.5 Å². The maximum absolute atomic E-state index is 10.6. The molecule has 0 spiro atoms. The van der Waals surface area contributed by atoms with Crippen LogP contribution < -0.4 is 0 Å². The van der Waals surface area contributed by atoms with Gasteiger partial charge in [0.2, 0.25) is 0 Å². The van der Waals surface area contributed by atoms with Crippen LogP contribution in [-0.2, 0) is 0 Å². The number of carbonyl (C=O) groups is 1. The molecule has 1 N–H and O–H groups in total. The number of carboxylic acids is 1. The van der Waals surface area contributed by atoms with Gasteiger partial charge in [0.1, 0.15) is 5.82 Å². The standard InChI is InChI=1S/C9H7N3O2/c1-5-10-4-6-2-3-7(9(13)14)12-8(6)11-5/h2-4H,1H3,(H,13,14).